The van der Waals surface area contributed by atoms with Gasteiger partial charge in [0.05, 0.1) is 5.56 Å². The fourth-order valence-electron chi connectivity index (χ4n) is 2.94. The second-order valence-corrected chi connectivity index (χ2v) is 6.57. The van der Waals surface area contributed by atoms with Crippen molar-refractivity contribution in [2.75, 3.05) is 5.32 Å². The Morgan fingerprint density at radius 3 is 2.65 bits per heavy atom. The van der Waals surface area contributed by atoms with Crippen molar-refractivity contribution in [2.24, 2.45) is 0 Å². The summed E-state index contributed by atoms with van der Waals surface area (Å²) in [5, 5.41) is 5.64. The smallest absolute Gasteiger partial charge is 0.339 e. The maximum Gasteiger partial charge on any atom is 0.339 e. The average molecular weight is 350 g/mol. The summed E-state index contributed by atoms with van der Waals surface area (Å²) in [4.78, 5) is 36.7. The Labute approximate surface area is 150 Å². The SMILES string of the molecule is O=C(NC1CC1)c1cccc(NC(=O)C2Cc3ccccc3C(=O)O2)c1. The van der Waals surface area contributed by atoms with E-state index in [0.717, 1.165) is 18.4 Å². The summed E-state index contributed by atoms with van der Waals surface area (Å²) in [5.41, 5.74) is 2.27. The van der Waals surface area contributed by atoms with Crippen LogP contribution < -0.4 is 10.6 Å². The molecule has 2 N–H and O–H groups in total. The van der Waals surface area contributed by atoms with Crippen LogP contribution in [0.5, 0.6) is 0 Å². The quantitative estimate of drug-likeness (QED) is 0.829. The van der Waals surface area contributed by atoms with Crippen LogP contribution >= 0.6 is 0 Å². The first-order valence-electron chi connectivity index (χ1n) is 8.61. The van der Waals surface area contributed by atoms with Gasteiger partial charge in [0.1, 0.15) is 0 Å². The Balaban J connectivity index is 1.45. The lowest BCUT2D eigenvalue weighted by molar-refractivity contribution is -0.125. The van der Waals surface area contributed by atoms with Gasteiger partial charge in [0, 0.05) is 23.7 Å². The Bertz CT molecular complexity index is 889. The van der Waals surface area contributed by atoms with E-state index in [1.54, 1.807) is 36.4 Å². The van der Waals surface area contributed by atoms with Crippen molar-refractivity contribution < 1.29 is 19.1 Å². The third-order valence-electron chi connectivity index (χ3n) is 4.49. The van der Waals surface area contributed by atoms with Gasteiger partial charge in [-0.25, -0.2) is 4.79 Å². The molecule has 6 nitrogen and oxygen atoms in total. The summed E-state index contributed by atoms with van der Waals surface area (Å²) in [6.45, 7) is 0. The van der Waals surface area contributed by atoms with Crippen LogP contribution in [0.1, 0.15) is 39.1 Å². The van der Waals surface area contributed by atoms with E-state index in [2.05, 4.69) is 10.6 Å². The molecule has 6 heteroatoms. The number of hydrogen-bond acceptors (Lipinski definition) is 4. The van der Waals surface area contributed by atoms with Crippen LogP contribution in [0.3, 0.4) is 0 Å². The average Bonchev–Trinajstić information content (AvgIpc) is 3.46. The first-order valence-corrected chi connectivity index (χ1v) is 8.61. The lowest BCUT2D eigenvalue weighted by Gasteiger charge is -2.23. The molecular formula is C20H18N2O4. The van der Waals surface area contributed by atoms with Gasteiger partial charge in [0.15, 0.2) is 6.10 Å². The van der Waals surface area contributed by atoms with Gasteiger partial charge in [0.25, 0.3) is 11.8 Å². The minimum absolute atomic E-state index is 0.151. The van der Waals surface area contributed by atoms with Crippen molar-refractivity contribution >= 4 is 23.5 Å². The third kappa shape index (κ3) is 3.44. The van der Waals surface area contributed by atoms with Crippen LogP contribution in [-0.4, -0.2) is 29.9 Å². The molecule has 4 rings (SSSR count). The van der Waals surface area contributed by atoms with Gasteiger partial charge >= 0.3 is 5.97 Å². The molecule has 0 saturated heterocycles. The number of carbonyl (C=O) groups excluding carboxylic acids is 3. The molecule has 0 radical (unpaired) electrons. The monoisotopic (exact) mass is 350 g/mol. The van der Waals surface area contributed by atoms with E-state index < -0.39 is 18.0 Å². The van der Waals surface area contributed by atoms with Crippen LogP contribution in [0.15, 0.2) is 48.5 Å². The van der Waals surface area contributed by atoms with Crippen LogP contribution in [0, 0.1) is 0 Å². The van der Waals surface area contributed by atoms with Crippen molar-refractivity contribution in [1.82, 2.24) is 5.32 Å². The van der Waals surface area contributed by atoms with E-state index in [9.17, 15) is 14.4 Å². The molecule has 1 atom stereocenters. The predicted molar refractivity (Wildman–Crippen MR) is 94.9 cm³/mol. The van der Waals surface area contributed by atoms with Crippen molar-refractivity contribution in [3.05, 3.63) is 65.2 Å². The lowest BCUT2D eigenvalue weighted by atomic mass is 9.98. The second kappa shape index (κ2) is 6.63. The van der Waals surface area contributed by atoms with Gasteiger partial charge in [-0.05, 0) is 42.7 Å². The number of carbonyl (C=O) groups is 3. The molecular weight excluding hydrogens is 332 g/mol. The molecule has 2 amide bonds. The number of nitrogens with one attached hydrogen (secondary N) is 2. The summed E-state index contributed by atoms with van der Waals surface area (Å²) < 4.78 is 5.26. The van der Waals surface area contributed by atoms with Crippen molar-refractivity contribution in [1.29, 1.82) is 0 Å². The molecule has 1 saturated carbocycles. The molecule has 0 bridgehead atoms. The maximum atomic E-state index is 12.5. The molecule has 1 heterocycles. The van der Waals surface area contributed by atoms with Crippen molar-refractivity contribution in [3.63, 3.8) is 0 Å². The minimum atomic E-state index is -0.888. The number of hydrogen-bond donors (Lipinski definition) is 2. The number of esters is 1. The summed E-state index contributed by atoms with van der Waals surface area (Å²) in [5.74, 6) is -1.06. The molecule has 132 valence electrons. The van der Waals surface area contributed by atoms with E-state index in [4.69, 9.17) is 4.74 Å². The van der Waals surface area contributed by atoms with Gasteiger partial charge in [-0.3, -0.25) is 9.59 Å². The highest BCUT2D eigenvalue weighted by Crippen LogP contribution is 2.22. The summed E-state index contributed by atoms with van der Waals surface area (Å²) in [7, 11) is 0. The van der Waals surface area contributed by atoms with Gasteiger partial charge < -0.3 is 15.4 Å². The highest BCUT2D eigenvalue weighted by Gasteiger charge is 2.31. The number of amides is 2. The number of rotatable bonds is 4. The van der Waals surface area contributed by atoms with Crippen LogP contribution in [0.25, 0.3) is 0 Å². The lowest BCUT2D eigenvalue weighted by Crippen LogP contribution is -2.38. The molecule has 1 aliphatic heterocycles. The molecule has 26 heavy (non-hydrogen) atoms. The zero-order valence-electron chi connectivity index (χ0n) is 14.0. The standard InChI is InChI=1S/C20H18N2O4/c23-18(21-14-8-9-14)13-5-3-6-15(10-13)22-19(24)17-11-12-4-1-2-7-16(12)20(25)26-17/h1-7,10,14,17H,8-9,11H2,(H,21,23)(H,22,24). The molecule has 0 spiro atoms. The number of cyclic esters (lactones) is 1. The molecule has 1 fully saturated rings. The van der Waals surface area contributed by atoms with E-state index >= 15 is 0 Å². The number of ether oxygens (including phenoxy) is 1. The Hall–Kier alpha value is -3.15. The fourth-order valence-corrected chi connectivity index (χ4v) is 2.94. The van der Waals surface area contributed by atoms with Crippen molar-refractivity contribution in [2.45, 2.75) is 31.4 Å². The minimum Gasteiger partial charge on any atom is -0.448 e. The largest absolute Gasteiger partial charge is 0.448 e. The van der Waals surface area contributed by atoms with Gasteiger partial charge in [-0.1, -0.05) is 24.3 Å². The predicted octanol–water partition coefficient (Wildman–Crippen LogP) is 2.30. The molecule has 2 aromatic rings. The highest BCUT2D eigenvalue weighted by molar-refractivity contribution is 6.01. The maximum absolute atomic E-state index is 12.5. The van der Waals surface area contributed by atoms with E-state index in [1.165, 1.54) is 0 Å². The van der Waals surface area contributed by atoms with E-state index in [1.807, 2.05) is 12.1 Å². The summed E-state index contributed by atoms with van der Waals surface area (Å²) >= 11 is 0. The molecule has 2 aliphatic rings. The van der Waals surface area contributed by atoms with Gasteiger partial charge in [0.2, 0.25) is 0 Å². The van der Waals surface area contributed by atoms with Crippen LogP contribution in [-0.2, 0) is 16.0 Å². The first-order chi connectivity index (χ1) is 12.6. The zero-order valence-corrected chi connectivity index (χ0v) is 14.0. The van der Waals surface area contributed by atoms with Crippen LogP contribution in [0.4, 0.5) is 5.69 Å². The Morgan fingerprint density at radius 1 is 1.04 bits per heavy atom. The third-order valence-corrected chi connectivity index (χ3v) is 4.49. The molecule has 2 aromatic carbocycles. The molecule has 1 unspecified atom stereocenters. The molecule has 1 aliphatic carbocycles. The highest BCUT2D eigenvalue weighted by atomic mass is 16.5. The van der Waals surface area contributed by atoms with E-state index in [0.29, 0.717) is 23.2 Å². The fraction of sp³-hybridized carbons (Fsp3) is 0.250. The normalized spacial score (nSPS) is 18.5. The number of fused-ring (bicyclic) bond motifs is 1. The first kappa shape index (κ1) is 16.3. The van der Waals surface area contributed by atoms with E-state index in [-0.39, 0.29) is 11.9 Å². The van der Waals surface area contributed by atoms with Crippen LogP contribution in [0.2, 0.25) is 0 Å². The molecule has 0 aromatic heterocycles. The summed E-state index contributed by atoms with van der Waals surface area (Å²) in [6.07, 6.45) is 1.46. The second-order valence-electron chi connectivity index (χ2n) is 6.57. The van der Waals surface area contributed by atoms with Gasteiger partial charge in [-0.15, -0.1) is 0 Å². The topological polar surface area (TPSA) is 84.5 Å². The Morgan fingerprint density at radius 2 is 1.85 bits per heavy atom. The summed E-state index contributed by atoms with van der Waals surface area (Å²) in [6, 6.07) is 14.1. The number of benzene rings is 2. The van der Waals surface area contributed by atoms with Gasteiger partial charge in [-0.2, -0.15) is 0 Å². The van der Waals surface area contributed by atoms with Crippen molar-refractivity contribution in [3.8, 4) is 0 Å². The zero-order chi connectivity index (χ0) is 18.1. The number of anilines is 1. The Kier molecular flexibility index (Phi) is 4.16.